The van der Waals surface area contributed by atoms with Crippen molar-refractivity contribution >= 4 is 35.1 Å². The second kappa shape index (κ2) is 10.4. The lowest BCUT2D eigenvalue weighted by Crippen LogP contribution is -2.31. The van der Waals surface area contributed by atoms with Crippen LogP contribution in [0.15, 0.2) is 42.5 Å². The molecule has 7 nitrogen and oxygen atoms in total. The maximum atomic E-state index is 13.0. The number of aryl methyl sites for hydroxylation is 2. The average Bonchev–Trinajstić information content (AvgIpc) is 3.11. The summed E-state index contributed by atoms with van der Waals surface area (Å²) in [5.74, 6) is -1.66. The number of fused-ring (bicyclic) bond motifs is 1. The van der Waals surface area contributed by atoms with Gasteiger partial charge in [-0.15, -0.1) is 0 Å². The molecule has 184 valence electrons. The Labute approximate surface area is 205 Å². The van der Waals surface area contributed by atoms with E-state index in [-0.39, 0.29) is 29.2 Å². The van der Waals surface area contributed by atoms with E-state index < -0.39 is 18.5 Å². The summed E-state index contributed by atoms with van der Waals surface area (Å²) in [5.41, 5.74) is 3.36. The molecule has 1 aliphatic carbocycles. The van der Waals surface area contributed by atoms with Crippen LogP contribution in [0.1, 0.15) is 61.5 Å². The van der Waals surface area contributed by atoms with E-state index in [0.717, 1.165) is 36.1 Å². The summed E-state index contributed by atoms with van der Waals surface area (Å²) in [6, 6.07) is 12.2. The van der Waals surface area contributed by atoms with Crippen molar-refractivity contribution in [1.82, 2.24) is 0 Å². The van der Waals surface area contributed by atoms with Crippen LogP contribution < -0.4 is 10.2 Å². The third kappa shape index (κ3) is 4.99. The van der Waals surface area contributed by atoms with Gasteiger partial charge >= 0.3 is 5.97 Å². The normalized spacial score (nSPS) is 21.6. The van der Waals surface area contributed by atoms with Gasteiger partial charge in [0.25, 0.3) is 5.91 Å². The number of benzene rings is 2. The average molecular weight is 477 g/mol. The van der Waals surface area contributed by atoms with Crippen molar-refractivity contribution in [1.29, 1.82) is 0 Å². The number of imide groups is 1. The van der Waals surface area contributed by atoms with Crippen molar-refractivity contribution in [2.75, 3.05) is 16.8 Å². The summed E-state index contributed by atoms with van der Waals surface area (Å²) in [4.78, 5) is 52.4. The van der Waals surface area contributed by atoms with Crippen LogP contribution in [0.3, 0.4) is 0 Å². The van der Waals surface area contributed by atoms with Gasteiger partial charge in [-0.3, -0.25) is 19.3 Å². The van der Waals surface area contributed by atoms with Gasteiger partial charge < -0.3 is 10.1 Å². The summed E-state index contributed by atoms with van der Waals surface area (Å²) in [5, 5.41) is 2.87. The molecule has 7 heteroatoms. The van der Waals surface area contributed by atoms with Crippen LogP contribution >= 0.6 is 0 Å². The fourth-order valence-electron chi connectivity index (χ4n) is 5.21. The molecule has 0 spiro atoms. The number of amides is 3. The number of carbonyl (C=O) groups is 4. The first-order chi connectivity index (χ1) is 16.8. The first-order valence-electron chi connectivity index (χ1n) is 12.4. The van der Waals surface area contributed by atoms with Crippen LogP contribution in [0.2, 0.25) is 0 Å². The third-order valence-corrected chi connectivity index (χ3v) is 7.13. The highest BCUT2D eigenvalue weighted by Gasteiger charge is 2.50. The predicted molar refractivity (Wildman–Crippen MR) is 133 cm³/mol. The summed E-state index contributed by atoms with van der Waals surface area (Å²) >= 11 is 0. The van der Waals surface area contributed by atoms with Crippen LogP contribution in [0.5, 0.6) is 0 Å². The number of ether oxygens (including phenoxy) is 1. The SMILES string of the molecule is CCc1cccc(CC)c1NC(=O)COC(=O)c1cccc(N2C(=O)[C@H]3C[C@H](C)CC[C@H]3C2=O)c1. The number of rotatable bonds is 7. The zero-order valence-electron chi connectivity index (χ0n) is 20.5. The van der Waals surface area contributed by atoms with Gasteiger partial charge in [-0.1, -0.05) is 45.0 Å². The fourth-order valence-corrected chi connectivity index (χ4v) is 5.21. The Morgan fingerprint density at radius 3 is 2.31 bits per heavy atom. The molecule has 2 aliphatic rings. The summed E-state index contributed by atoms with van der Waals surface area (Å²) in [6.45, 7) is 5.70. The molecule has 0 aromatic heterocycles. The van der Waals surface area contributed by atoms with Crippen LogP contribution in [0, 0.1) is 17.8 Å². The Hall–Kier alpha value is -3.48. The number of esters is 1. The highest BCUT2D eigenvalue weighted by Crippen LogP contribution is 2.42. The minimum atomic E-state index is -0.688. The number of anilines is 2. The standard InChI is InChI=1S/C28H32N2O5/c1-4-18-8-6-9-19(5-2)25(18)29-24(31)16-35-28(34)20-10-7-11-21(15-20)30-26(32)22-13-12-17(3)14-23(22)27(30)33/h6-11,15,17,22-23H,4-5,12-14,16H2,1-3H3,(H,29,31)/t17-,22-,23+/m1/s1. The van der Waals surface area contributed by atoms with E-state index in [1.54, 1.807) is 18.2 Å². The van der Waals surface area contributed by atoms with Gasteiger partial charge in [0.15, 0.2) is 6.61 Å². The van der Waals surface area contributed by atoms with Crippen molar-refractivity contribution in [3.05, 3.63) is 59.2 Å². The van der Waals surface area contributed by atoms with Crippen LogP contribution in [0.25, 0.3) is 0 Å². The number of para-hydroxylation sites is 1. The number of hydrogen-bond acceptors (Lipinski definition) is 5. The molecule has 0 radical (unpaired) electrons. The lowest BCUT2D eigenvalue weighted by atomic mass is 9.76. The summed E-state index contributed by atoms with van der Waals surface area (Å²) < 4.78 is 5.25. The summed E-state index contributed by atoms with van der Waals surface area (Å²) in [7, 11) is 0. The van der Waals surface area contributed by atoms with Gasteiger partial charge in [0.2, 0.25) is 11.8 Å². The topological polar surface area (TPSA) is 92.8 Å². The van der Waals surface area contributed by atoms with Gasteiger partial charge in [0.1, 0.15) is 0 Å². The maximum absolute atomic E-state index is 13.0. The Kier molecular flexibility index (Phi) is 7.34. The van der Waals surface area contributed by atoms with E-state index in [0.29, 0.717) is 24.4 Å². The molecule has 0 bridgehead atoms. The molecular weight excluding hydrogens is 444 g/mol. The van der Waals surface area contributed by atoms with Crippen molar-refractivity contribution in [2.24, 2.45) is 17.8 Å². The molecule has 1 N–H and O–H groups in total. The first-order valence-corrected chi connectivity index (χ1v) is 12.4. The molecule has 2 aromatic rings. The highest BCUT2D eigenvalue weighted by molar-refractivity contribution is 6.22. The Bertz CT molecular complexity index is 1140. The van der Waals surface area contributed by atoms with Crippen LogP contribution in [-0.4, -0.2) is 30.3 Å². The van der Waals surface area contributed by atoms with Crippen molar-refractivity contribution in [3.8, 4) is 0 Å². The molecule has 4 rings (SSSR count). The molecule has 1 aliphatic heterocycles. The van der Waals surface area contributed by atoms with Gasteiger partial charge in [0, 0.05) is 5.69 Å². The smallest absolute Gasteiger partial charge is 0.338 e. The lowest BCUT2D eigenvalue weighted by molar-refractivity contribution is -0.122. The zero-order chi connectivity index (χ0) is 25.1. The molecule has 3 atom stereocenters. The Balaban J connectivity index is 1.42. The minimum Gasteiger partial charge on any atom is -0.452 e. The fraction of sp³-hybridized carbons (Fsp3) is 0.429. The number of nitrogens with zero attached hydrogens (tertiary/aromatic N) is 1. The third-order valence-electron chi connectivity index (χ3n) is 7.13. The Morgan fingerprint density at radius 1 is 0.971 bits per heavy atom. The van der Waals surface area contributed by atoms with E-state index in [4.69, 9.17) is 4.74 Å². The molecule has 3 amide bonds. The molecule has 0 unspecified atom stereocenters. The molecular formula is C28H32N2O5. The second-order valence-electron chi connectivity index (χ2n) is 9.48. The predicted octanol–water partition coefficient (Wildman–Crippen LogP) is 4.53. The first kappa shape index (κ1) is 24.6. The number of carbonyl (C=O) groups excluding carboxylic acids is 4. The van der Waals surface area contributed by atoms with E-state index in [2.05, 4.69) is 12.2 Å². The van der Waals surface area contributed by atoms with Gasteiger partial charge in [0.05, 0.1) is 23.1 Å². The monoisotopic (exact) mass is 476 g/mol. The Morgan fingerprint density at radius 2 is 1.63 bits per heavy atom. The maximum Gasteiger partial charge on any atom is 0.338 e. The number of hydrogen-bond donors (Lipinski definition) is 1. The zero-order valence-corrected chi connectivity index (χ0v) is 20.5. The molecule has 1 heterocycles. The van der Waals surface area contributed by atoms with E-state index in [1.807, 2.05) is 32.0 Å². The van der Waals surface area contributed by atoms with Crippen molar-refractivity contribution in [3.63, 3.8) is 0 Å². The van der Waals surface area contributed by atoms with Crippen molar-refractivity contribution < 1.29 is 23.9 Å². The van der Waals surface area contributed by atoms with E-state index in [9.17, 15) is 19.2 Å². The van der Waals surface area contributed by atoms with Crippen LogP contribution in [0.4, 0.5) is 11.4 Å². The van der Waals surface area contributed by atoms with Gasteiger partial charge in [-0.05, 0) is 67.3 Å². The molecule has 1 saturated carbocycles. The van der Waals surface area contributed by atoms with Crippen LogP contribution in [-0.2, 0) is 32.0 Å². The second-order valence-corrected chi connectivity index (χ2v) is 9.48. The van der Waals surface area contributed by atoms with Crippen molar-refractivity contribution in [2.45, 2.75) is 52.9 Å². The molecule has 2 fully saturated rings. The number of nitrogens with one attached hydrogen (secondary N) is 1. The van der Waals surface area contributed by atoms with Gasteiger partial charge in [-0.25, -0.2) is 4.79 Å². The van der Waals surface area contributed by atoms with E-state index in [1.165, 1.54) is 11.0 Å². The van der Waals surface area contributed by atoms with E-state index >= 15 is 0 Å². The highest BCUT2D eigenvalue weighted by atomic mass is 16.5. The quantitative estimate of drug-likeness (QED) is 0.468. The molecule has 35 heavy (non-hydrogen) atoms. The minimum absolute atomic E-state index is 0.183. The largest absolute Gasteiger partial charge is 0.452 e. The van der Waals surface area contributed by atoms with Gasteiger partial charge in [-0.2, -0.15) is 0 Å². The summed E-state index contributed by atoms with van der Waals surface area (Å²) in [6.07, 6.45) is 3.90. The molecule has 1 saturated heterocycles. The lowest BCUT2D eigenvalue weighted by Gasteiger charge is -2.25. The molecule has 2 aromatic carbocycles.